The molecule has 2 aromatic carbocycles. The van der Waals surface area contributed by atoms with Crippen molar-refractivity contribution in [2.24, 2.45) is 4.99 Å². The number of nitrogens with one attached hydrogen (secondary N) is 2. The van der Waals surface area contributed by atoms with E-state index in [4.69, 9.17) is 9.47 Å². The largest absolute Gasteiger partial charge is 0.496 e. The number of halogens is 1. The molecule has 2 N–H and O–H groups in total. The normalized spacial score (nSPS) is 10.6. The summed E-state index contributed by atoms with van der Waals surface area (Å²) in [5.74, 6) is 2.43. The van der Waals surface area contributed by atoms with Gasteiger partial charge in [-0.25, -0.2) is 0 Å². The molecule has 0 radical (unpaired) electrons. The van der Waals surface area contributed by atoms with Gasteiger partial charge in [-0.1, -0.05) is 43.0 Å². The van der Waals surface area contributed by atoms with E-state index in [0.29, 0.717) is 25.7 Å². The van der Waals surface area contributed by atoms with Crippen LogP contribution in [0.4, 0.5) is 0 Å². The van der Waals surface area contributed by atoms with Crippen LogP contribution in [-0.2, 0) is 13.1 Å². The minimum Gasteiger partial charge on any atom is -0.496 e. The zero-order valence-electron chi connectivity index (χ0n) is 16.1. The number of hydrogen-bond acceptors (Lipinski definition) is 3. The Morgan fingerprint density at radius 1 is 1.07 bits per heavy atom. The van der Waals surface area contributed by atoms with Crippen LogP contribution in [0.25, 0.3) is 0 Å². The third-order valence-electron chi connectivity index (χ3n) is 3.89. The summed E-state index contributed by atoms with van der Waals surface area (Å²) in [5, 5.41) is 6.63. The molecule has 0 spiro atoms. The molecule has 0 aliphatic rings. The average molecular weight is 481 g/mol. The Morgan fingerprint density at radius 2 is 1.74 bits per heavy atom. The highest BCUT2D eigenvalue weighted by molar-refractivity contribution is 14.0. The predicted octanol–water partition coefficient (Wildman–Crippen LogP) is 4.05. The van der Waals surface area contributed by atoms with E-state index in [1.165, 1.54) is 5.56 Å². The molecule has 0 heterocycles. The monoisotopic (exact) mass is 481 g/mol. The molecular weight excluding hydrogens is 453 g/mol. The van der Waals surface area contributed by atoms with Crippen molar-refractivity contribution >= 4 is 29.9 Å². The summed E-state index contributed by atoms with van der Waals surface area (Å²) in [7, 11) is 3.44. The van der Waals surface area contributed by atoms with Crippen LogP contribution in [0.15, 0.2) is 60.1 Å². The van der Waals surface area contributed by atoms with Crippen LogP contribution in [0, 0.1) is 6.92 Å². The van der Waals surface area contributed by atoms with Gasteiger partial charge in [0.05, 0.1) is 7.11 Å². The topological polar surface area (TPSA) is 54.9 Å². The molecule has 0 saturated carbocycles. The first-order valence-electron chi connectivity index (χ1n) is 8.57. The van der Waals surface area contributed by atoms with Crippen molar-refractivity contribution in [1.29, 1.82) is 0 Å². The second-order valence-electron chi connectivity index (χ2n) is 5.80. The van der Waals surface area contributed by atoms with Gasteiger partial charge in [0.25, 0.3) is 0 Å². The van der Waals surface area contributed by atoms with Gasteiger partial charge in [-0.05, 0) is 24.6 Å². The van der Waals surface area contributed by atoms with Gasteiger partial charge in [-0.3, -0.25) is 4.99 Å². The third kappa shape index (κ3) is 7.13. The highest BCUT2D eigenvalue weighted by atomic mass is 127. The lowest BCUT2D eigenvalue weighted by atomic mass is 10.1. The molecule has 0 fully saturated rings. The number of aliphatic imine (C=N–C) groups is 1. The molecule has 146 valence electrons. The van der Waals surface area contributed by atoms with Gasteiger partial charge < -0.3 is 20.1 Å². The Labute approximate surface area is 178 Å². The van der Waals surface area contributed by atoms with E-state index in [1.54, 1.807) is 20.2 Å². The van der Waals surface area contributed by atoms with E-state index in [2.05, 4.69) is 34.3 Å². The number of para-hydroxylation sites is 1. The summed E-state index contributed by atoms with van der Waals surface area (Å²) in [5.41, 5.74) is 3.31. The SMILES string of the molecule is C=CCOc1ccccc1CNC(=NC)NCc1ccc(C)cc1OC.I. The lowest BCUT2D eigenvalue weighted by Crippen LogP contribution is -2.36. The summed E-state index contributed by atoms with van der Waals surface area (Å²) < 4.78 is 11.1. The minimum atomic E-state index is 0. The van der Waals surface area contributed by atoms with Crippen LogP contribution in [0.2, 0.25) is 0 Å². The molecule has 2 rings (SSSR count). The van der Waals surface area contributed by atoms with Gasteiger partial charge in [0.2, 0.25) is 0 Å². The van der Waals surface area contributed by atoms with E-state index in [9.17, 15) is 0 Å². The van der Waals surface area contributed by atoms with Gasteiger partial charge in [0, 0.05) is 31.3 Å². The van der Waals surface area contributed by atoms with E-state index >= 15 is 0 Å². The highest BCUT2D eigenvalue weighted by Crippen LogP contribution is 2.20. The summed E-state index contributed by atoms with van der Waals surface area (Å²) in [6, 6.07) is 14.1. The average Bonchev–Trinajstić information content (AvgIpc) is 2.67. The third-order valence-corrected chi connectivity index (χ3v) is 3.89. The van der Waals surface area contributed by atoms with E-state index < -0.39 is 0 Å². The van der Waals surface area contributed by atoms with Crippen LogP contribution in [0.1, 0.15) is 16.7 Å². The lowest BCUT2D eigenvalue weighted by Gasteiger charge is -2.15. The second-order valence-corrected chi connectivity index (χ2v) is 5.80. The Balaban J connectivity index is 0.00000364. The fraction of sp³-hybridized carbons (Fsp3) is 0.286. The molecule has 0 unspecified atom stereocenters. The summed E-state index contributed by atoms with van der Waals surface area (Å²) >= 11 is 0. The highest BCUT2D eigenvalue weighted by Gasteiger charge is 2.06. The molecule has 0 aliphatic carbocycles. The molecular formula is C21H28IN3O2. The second kappa shape index (κ2) is 12.2. The maximum Gasteiger partial charge on any atom is 0.191 e. The van der Waals surface area contributed by atoms with Crippen molar-refractivity contribution in [1.82, 2.24) is 10.6 Å². The first kappa shape index (κ1) is 22.8. The first-order chi connectivity index (χ1) is 12.7. The van der Waals surface area contributed by atoms with Crippen molar-refractivity contribution in [3.05, 3.63) is 71.8 Å². The predicted molar refractivity (Wildman–Crippen MR) is 122 cm³/mol. The summed E-state index contributed by atoms with van der Waals surface area (Å²) in [6.45, 7) is 7.45. The maximum absolute atomic E-state index is 5.69. The minimum absolute atomic E-state index is 0. The number of methoxy groups -OCH3 is 1. The van der Waals surface area contributed by atoms with Crippen molar-refractivity contribution < 1.29 is 9.47 Å². The van der Waals surface area contributed by atoms with Gasteiger partial charge in [0.15, 0.2) is 5.96 Å². The zero-order valence-corrected chi connectivity index (χ0v) is 18.4. The lowest BCUT2D eigenvalue weighted by molar-refractivity contribution is 0.358. The number of rotatable bonds is 8. The smallest absolute Gasteiger partial charge is 0.191 e. The van der Waals surface area contributed by atoms with Crippen LogP contribution >= 0.6 is 24.0 Å². The zero-order chi connectivity index (χ0) is 18.8. The standard InChI is InChI=1S/C21H27N3O2.HI/c1-5-12-26-19-9-7-6-8-17(19)14-23-21(22-3)24-15-18-11-10-16(2)13-20(18)25-4;/h5-11,13H,1,12,14-15H2,2-4H3,(H2,22,23,24);1H. The Morgan fingerprint density at radius 3 is 2.37 bits per heavy atom. The van der Waals surface area contributed by atoms with Crippen LogP contribution in [0.5, 0.6) is 11.5 Å². The number of nitrogens with zero attached hydrogens (tertiary/aromatic N) is 1. The molecule has 0 atom stereocenters. The summed E-state index contributed by atoms with van der Waals surface area (Å²) in [6.07, 6.45) is 1.74. The van der Waals surface area contributed by atoms with Crippen LogP contribution < -0.4 is 20.1 Å². The fourth-order valence-corrected chi connectivity index (χ4v) is 2.52. The van der Waals surface area contributed by atoms with Crippen molar-refractivity contribution in [3.63, 3.8) is 0 Å². The van der Waals surface area contributed by atoms with Gasteiger partial charge >= 0.3 is 0 Å². The van der Waals surface area contributed by atoms with Crippen molar-refractivity contribution in [3.8, 4) is 11.5 Å². The van der Waals surface area contributed by atoms with Crippen LogP contribution in [-0.4, -0.2) is 26.7 Å². The van der Waals surface area contributed by atoms with Crippen molar-refractivity contribution in [2.75, 3.05) is 20.8 Å². The van der Waals surface area contributed by atoms with Crippen LogP contribution in [0.3, 0.4) is 0 Å². The Hall–Kier alpha value is -2.22. The van der Waals surface area contributed by atoms with Gasteiger partial charge in [-0.2, -0.15) is 0 Å². The van der Waals surface area contributed by atoms with Gasteiger partial charge in [0.1, 0.15) is 18.1 Å². The quantitative estimate of drug-likeness (QED) is 0.259. The number of ether oxygens (including phenoxy) is 2. The molecule has 6 heteroatoms. The molecule has 27 heavy (non-hydrogen) atoms. The maximum atomic E-state index is 5.69. The number of benzene rings is 2. The molecule has 0 aromatic heterocycles. The Bertz CT molecular complexity index is 763. The molecule has 0 amide bonds. The van der Waals surface area contributed by atoms with Gasteiger partial charge in [-0.15, -0.1) is 24.0 Å². The first-order valence-corrected chi connectivity index (χ1v) is 8.57. The number of guanidine groups is 1. The van der Waals surface area contributed by atoms with E-state index in [-0.39, 0.29) is 24.0 Å². The fourth-order valence-electron chi connectivity index (χ4n) is 2.52. The van der Waals surface area contributed by atoms with Crippen molar-refractivity contribution in [2.45, 2.75) is 20.0 Å². The number of hydrogen-bond donors (Lipinski definition) is 2. The van der Waals surface area contributed by atoms with E-state index in [1.807, 2.05) is 37.3 Å². The molecule has 0 saturated heterocycles. The number of aryl methyl sites for hydroxylation is 1. The molecule has 2 aromatic rings. The molecule has 0 bridgehead atoms. The Kier molecular flexibility index (Phi) is 10.3. The van der Waals surface area contributed by atoms with E-state index in [0.717, 1.165) is 22.6 Å². The molecule has 0 aliphatic heterocycles. The molecule has 5 nitrogen and oxygen atoms in total. The summed E-state index contributed by atoms with van der Waals surface area (Å²) in [4.78, 5) is 4.28.